The quantitative estimate of drug-likeness (QED) is 0.170. The molecule has 1 aliphatic rings. The van der Waals surface area contributed by atoms with Crippen molar-refractivity contribution in [2.45, 2.75) is 18.0 Å². The summed E-state index contributed by atoms with van der Waals surface area (Å²) in [6, 6.07) is 15.6. The van der Waals surface area contributed by atoms with Crippen molar-refractivity contribution in [2.24, 2.45) is 0 Å². The van der Waals surface area contributed by atoms with E-state index in [9.17, 15) is 26.3 Å². The van der Waals surface area contributed by atoms with Gasteiger partial charge in [0.05, 0.1) is 0 Å². The summed E-state index contributed by atoms with van der Waals surface area (Å²) in [5.74, 6) is 0. The Balaban J connectivity index is 1.83. The number of rotatable bonds is 2. The Bertz CT molecular complexity index is 1250. The van der Waals surface area contributed by atoms with Crippen molar-refractivity contribution in [1.82, 2.24) is 0 Å². The normalized spacial score (nSPS) is 17.3. The minimum absolute atomic E-state index is 0.0303. The van der Waals surface area contributed by atoms with Crippen molar-refractivity contribution in [2.75, 3.05) is 0 Å². The van der Waals surface area contributed by atoms with Gasteiger partial charge >= 0.3 is 189 Å². The average molecular weight is 584 g/mol. The van der Waals surface area contributed by atoms with Crippen molar-refractivity contribution in [3.63, 3.8) is 0 Å². The summed E-state index contributed by atoms with van der Waals surface area (Å²) in [6.07, 6.45) is -11.3. The third-order valence-electron chi connectivity index (χ3n) is 4.88. The van der Waals surface area contributed by atoms with Gasteiger partial charge in [0.15, 0.2) is 0 Å². The van der Waals surface area contributed by atoms with E-state index in [0.717, 1.165) is 15.6 Å². The molecule has 0 N–H and O–H groups in total. The Morgan fingerprint density at radius 1 is 0.806 bits per heavy atom. The van der Waals surface area contributed by atoms with Crippen molar-refractivity contribution >= 4 is 53.0 Å². The Kier molecular flexibility index (Phi) is 4.92. The molecule has 1 nitrogen and oxygen atoms in total. The molecule has 0 unspecified atom stereocenters. The zero-order chi connectivity index (χ0) is 22.0. The number of hydrogen-bond donors (Lipinski definition) is 0. The van der Waals surface area contributed by atoms with Crippen LogP contribution < -0.4 is 0 Å². The van der Waals surface area contributed by atoms with Gasteiger partial charge in [-0.15, -0.1) is 0 Å². The Labute approximate surface area is 188 Å². The molecule has 31 heavy (non-hydrogen) atoms. The number of benzene rings is 2. The Hall–Kier alpha value is -1.63. The van der Waals surface area contributed by atoms with E-state index in [1.165, 1.54) is 40.9 Å². The molecule has 0 fully saturated rings. The second-order valence-corrected chi connectivity index (χ2v) is 12.8. The predicted molar refractivity (Wildman–Crippen MR) is 118 cm³/mol. The molecule has 3 heterocycles. The van der Waals surface area contributed by atoms with E-state index >= 15 is 0 Å². The monoisotopic (exact) mass is 584 g/mol. The Morgan fingerprint density at radius 2 is 1.48 bits per heavy atom. The summed E-state index contributed by atoms with van der Waals surface area (Å²) in [6.45, 7) is 0. The molecule has 0 amide bonds. The van der Waals surface area contributed by atoms with Crippen LogP contribution >= 0.6 is 42.9 Å². The summed E-state index contributed by atoms with van der Waals surface area (Å²) in [5.41, 5.74) is -5.16. The van der Waals surface area contributed by atoms with Crippen LogP contribution in [0.4, 0.5) is 26.3 Å². The van der Waals surface area contributed by atoms with Crippen LogP contribution in [0.1, 0.15) is 5.56 Å². The SMILES string of the molecule is FC(F)(F)C1(C(F)(F)F)OI(c2c(-c3cccs3)sc3ccccc23)c2ccccc21. The molecule has 0 saturated carbocycles. The Morgan fingerprint density at radius 3 is 2.16 bits per heavy atom. The molecule has 0 bridgehead atoms. The number of alkyl halides is 6. The number of fused-ring (bicyclic) bond motifs is 2. The van der Waals surface area contributed by atoms with Gasteiger partial charge in [-0.3, -0.25) is 0 Å². The summed E-state index contributed by atoms with van der Waals surface area (Å²) in [5, 5.41) is 2.47. The topological polar surface area (TPSA) is 9.23 Å². The van der Waals surface area contributed by atoms with E-state index in [-0.39, 0.29) is 3.57 Å². The average Bonchev–Trinajstić information content (AvgIpc) is 3.42. The van der Waals surface area contributed by atoms with Gasteiger partial charge in [-0.2, -0.15) is 0 Å². The van der Waals surface area contributed by atoms with Gasteiger partial charge in [0.2, 0.25) is 0 Å². The number of thiophene rings is 2. The summed E-state index contributed by atoms with van der Waals surface area (Å²) in [4.78, 5) is 1.47. The van der Waals surface area contributed by atoms with Gasteiger partial charge in [0.1, 0.15) is 0 Å². The van der Waals surface area contributed by atoms with Crippen LogP contribution in [0.25, 0.3) is 19.8 Å². The molecule has 0 radical (unpaired) electrons. The van der Waals surface area contributed by atoms with Gasteiger partial charge in [0.25, 0.3) is 0 Å². The first-order valence-electron chi connectivity index (χ1n) is 8.83. The van der Waals surface area contributed by atoms with Gasteiger partial charge in [0, 0.05) is 0 Å². The maximum atomic E-state index is 14.1. The van der Waals surface area contributed by atoms with E-state index in [2.05, 4.69) is 0 Å². The summed E-state index contributed by atoms with van der Waals surface area (Å²) >= 11 is -0.849. The fraction of sp³-hybridized carbons (Fsp3) is 0.143. The van der Waals surface area contributed by atoms with Crippen LogP contribution in [0.2, 0.25) is 0 Å². The number of hydrogen-bond acceptors (Lipinski definition) is 3. The standard InChI is InChI=1S/C21H11F6IOS2/c22-20(23,24)19(21(25,26)27)13-7-2-3-8-14(13)28(29-19)17-12-6-1-4-9-15(12)31-18(17)16-10-5-11-30-16/h1-11H. The second kappa shape index (κ2) is 7.19. The van der Waals surface area contributed by atoms with Gasteiger partial charge in [-0.1, -0.05) is 0 Å². The van der Waals surface area contributed by atoms with Crippen molar-refractivity contribution in [1.29, 1.82) is 0 Å². The molecule has 1 aliphatic heterocycles. The zero-order valence-electron chi connectivity index (χ0n) is 15.2. The van der Waals surface area contributed by atoms with Crippen LogP contribution in [0.5, 0.6) is 0 Å². The molecule has 0 atom stereocenters. The molecular weight excluding hydrogens is 573 g/mol. The first-order valence-corrected chi connectivity index (χ1v) is 13.6. The third-order valence-corrected chi connectivity index (χ3v) is 12.7. The van der Waals surface area contributed by atoms with Crippen molar-refractivity contribution in [3.05, 3.63) is 78.7 Å². The molecular formula is C21H11F6IOS2. The van der Waals surface area contributed by atoms with Crippen LogP contribution in [0.15, 0.2) is 66.0 Å². The van der Waals surface area contributed by atoms with Crippen LogP contribution in [-0.2, 0) is 8.67 Å². The fourth-order valence-electron chi connectivity index (χ4n) is 3.54. The fourth-order valence-corrected chi connectivity index (χ4v) is 12.5. The molecule has 2 aromatic heterocycles. The third kappa shape index (κ3) is 3.05. The second-order valence-electron chi connectivity index (χ2n) is 6.70. The molecule has 0 saturated heterocycles. The molecule has 162 valence electrons. The molecule has 5 rings (SSSR count). The molecule has 10 heteroatoms. The predicted octanol–water partition coefficient (Wildman–Crippen LogP) is 8.44. The number of halogens is 7. The van der Waals surface area contributed by atoms with Crippen LogP contribution in [0, 0.1) is 7.14 Å². The maximum absolute atomic E-state index is 14.1. The van der Waals surface area contributed by atoms with E-state index in [1.807, 2.05) is 17.5 Å². The van der Waals surface area contributed by atoms with Gasteiger partial charge in [-0.05, 0) is 0 Å². The first-order chi connectivity index (χ1) is 14.6. The van der Waals surface area contributed by atoms with Gasteiger partial charge < -0.3 is 0 Å². The minimum atomic E-state index is -5.65. The van der Waals surface area contributed by atoms with Gasteiger partial charge in [-0.25, -0.2) is 0 Å². The molecule has 0 spiro atoms. The molecule has 0 aliphatic carbocycles. The zero-order valence-corrected chi connectivity index (χ0v) is 19.0. The first kappa shape index (κ1) is 21.2. The summed E-state index contributed by atoms with van der Waals surface area (Å²) < 4.78 is 91.0. The van der Waals surface area contributed by atoms with E-state index in [1.54, 1.807) is 24.3 Å². The van der Waals surface area contributed by atoms with Crippen LogP contribution in [0.3, 0.4) is 0 Å². The van der Waals surface area contributed by atoms with E-state index < -0.39 is 43.8 Å². The molecule has 2 aromatic carbocycles. The van der Waals surface area contributed by atoms with Crippen LogP contribution in [-0.4, -0.2) is 12.4 Å². The van der Waals surface area contributed by atoms with Crippen molar-refractivity contribution < 1.29 is 29.4 Å². The van der Waals surface area contributed by atoms with Crippen molar-refractivity contribution in [3.8, 4) is 9.75 Å². The van der Waals surface area contributed by atoms with E-state index in [0.29, 0.717) is 13.8 Å². The van der Waals surface area contributed by atoms with E-state index in [4.69, 9.17) is 3.07 Å². The summed E-state index contributed by atoms with van der Waals surface area (Å²) in [7, 11) is 0. The molecule has 4 aromatic rings.